The third kappa shape index (κ3) is 15.5. The molecule has 0 rings (SSSR count). The summed E-state index contributed by atoms with van der Waals surface area (Å²) >= 11 is 0. The molecule has 0 heterocycles. The third-order valence-electron chi connectivity index (χ3n) is 3.20. The molecule has 0 aliphatic rings. The van der Waals surface area contributed by atoms with Crippen LogP contribution in [0, 0.1) is 6.92 Å². The van der Waals surface area contributed by atoms with E-state index in [-0.39, 0.29) is 0 Å². The van der Waals surface area contributed by atoms with Crippen molar-refractivity contribution in [3.05, 3.63) is 31.2 Å². The maximum absolute atomic E-state index is 3.85. The average Bonchev–Trinajstić information content (AvgIpc) is 2.39. The first kappa shape index (κ1) is 17.5. The molecule has 0 aromatic carbocycles. The molecule has 0 N–H and O–H groups in total. The number of unbranched alkanes of at least 4 members (excludes halogenated alkanes) is 9. The molecule has 0 aliphatic heterocycles. The second-order valence-corrected chi connectivity index (χ2v) is 5.08. The van der Waals surface area contributed by atoms with E-state index in [1.165, 1.54) is 64.2 Å². The van der Waals surface area contributed by atoms with Gasteiger partial charge in [0.15, 0.2) is 0 Å². The average molecular weight is 249 g/mol. The molecule has 105 valence electrons. The van der Waals surface area contributed by atoms with E-state index in [1.807, 2.05) is 0 Å². The van der Waals surface area contributed by atoms with Crippen LogP contribution in [0.3, 0.4) is 0 Å². The molecule has 0 atom stereocenters. The molecule has 0 bridgehead atoms. The molecule has 0 fully saturated rings. The lowest BCUT2D eigenvalue weighted by molar-refractivity contribution is 0.611. The van der Waals surface area contributed by atoms with Crippen molar-refractivity contribution in [2.24, 2.45) is 0 Å². The Kier molecular flexibility index (Phi) is 16.0. The van der Waals surface area contributed by atoms with E-state index < -0.39 is 0 Å². The smallest absolute Gasteiger partial charge is 0.0169 e. The number of allylic oxidation sites excluding steroid dienone is 4. The first-order valence-corrected chi connectivity index (χ1v) is 8.01. The molecule has 18 heavy (non-hydrogen) atoms. The van der Waals surface area contributed by atoms with Crippen LogP contribution in [0.25, 0.3) is 0 Å². The highest BCUT2D eigenvalue weighted by Gasteiger charge is 1.87. The summed E-state index contributed by atoms with van der Waals surface area (Å²) in [4.78, 5) is 0. The maximum Gasteiger partial charge on any atom is -0.0169 e. The molecule has 0 aromatic rings. The molecule has 0 amide bonds. The predicted molar refractivity (Wildman–Crippen MR) is 84.7 cm³/mol. The summed E-state index contributed by atoms with van der Waals surface area (Å²) in [5.74, 6) is 0. The van der Waals surface area contributed by atoms with Crippen LogP contribution in [-0.2, 0) is 0 Å². The number of rotatable bonds is 13. The molecule has 0 aliphatic carbocycles. The standard InChI is InChI=1S/C18H33/c1-3-5-7-9-11-13-15-17-18-16-14-12-10-8-6-4-2/h11,13,17-18H,1,3-10,12,14-16H2,2H3/b13-11+,18-17+. The lowest BCUT2D eigenvalue weighted by Gasteiger charge is -1.97. The molecule has 0 saturated heterocycles. The maximum atomic E-state index is 3.85. The summed E-state index contributed by atoms with van der Waals surface area (Å²) in [5, 5.41) is 0. The molecule has 0 saturated carbocycles. The fraction of sp³-hybridized carbons (Fsp3) is 0.722. The Morgan fingerprint density at radius 3 is 1.83 bits per heavy atom. The van der Waals surface area contributed by atoms with Gasteiger partial charge < -0.3 is 0 Å². The van der Waals surface area contributed by atoms with Crippen molar-refractivity contribution in [3.8, 4) is 0 Å². The Morgan fingerprint density at radius 1 is 0.667 bits per heavy atom. The topological polar surface area (TPSA) is 0 Å². The molecule has 0 heteroatoms. The minimum absolute atomic E-state index is 1.08. The zero-order valence-electron chi connectivity index (χ0n) is 12.5. The van der Waals surface area contributed by atoms with Crippen molar-refractivity contribution in [1.82, 2.24) is 0 Å². The fourth-order valence-electron chi connectivity index (χ4n) is 1.99. The minimum atomic E-state index is 1.08. The minimum Gasteiger partial charge on any atom is -0.0882 e. The Labute approximate surface area is 116 Å². The molecule has 0 nitrogen and oxygen atoms in total. The van der Waals surface area contributed by atoms with E-state index >= 15 is 0 Å². The molecular formula is C18H33. The highest BCUT2D eigenvalue weighted by molar-refractivity contribution is 4.92. The molecule has 1 radical (unpaired) electrons. The summed E-state index contributed by atoms with van der Waals surface area (Å²) in [7, 11) is 0. The highest BCUT2D eigenvalue weighted by Crippen LogP contribution is 2.07. The van der Waals surface area contributed by atoms with Gasteiger partial charge in [0.1, 0.15) is 0 Å². The summed E-state index contributed by atoms with van der Waals surface area (Å²) in [6.07, 6.45) is 24.9. The molecular weight excluding hydrogens is 216 g/mol. The van der Waals surface area contributed by atoms with Crippen LogP contribution < -0.4 is 0 Å². The lowest BCUT2D eigenvalue weighted by Crippen LogP contribution is -1.77. The quantitative estimate of drug-likeness (QED) is 0.254. The van der Waals surface area contributed by atoms with Crippen LogP contribution in [0.1, 0.15) is 84.0 Å². The van der Waals surface area contributed by atoms with Gasteiger partial charge in [0.25, 0.3) is 0 Å². The van der Waals surface area contributed by atoms with Crippen LogP contribution in [0.15, 0.2) is 24.3 Å². The molecule has 0 unspecified atom stereocenters. The largest absolute Gasteiger partial charge is 0.0882 e. The van der Waals surface area contributed by atoms with E-state index in [4.69, 9.17) is 0 Å². The van der Waals surface area contributed by atoms with Crippen LogP contribution in [-0.4, -0.2) is 0 Å². The molecule has 0 aromatic heterocycles. The number of hydrogen-bond donors (Lipinski definition) is 0. The van der Waals surface area contributed by atoms with Gasteiger partial charge in [-0.15, -0.1) is 0 Å². The Balaban J connectivity index is 3.13. The highest BCUT2D eigenvalue weighted by atomic mass is 13.9. The number of hydrogen-bond acceptors (Lipinski definition) is 0. The van der Waals surface area contributed by atoms with E-state index in [0.29, 0.717) is 0 Å². The fourth-order valence-corrected chi connectivity index (χ4v) is 1.99. The van der Waals surface area contributed by atoms with Crippen molar-refractivity contribution >= 4 is 0 Å². The Morgan fingerprint density at radius 2 is 1.22 bits per heavy atom. The SMILES string of the molecule is [CH2]CCCC/C=C/C/C=C/CCCCCCCC. The Bertz CT molecular complexity index is 188. The monoisotopic (exact) mass is 249 g/mol. The van der Waals surface area contributed by atoms with Crippen molar-refractivity contribution < 1.29 is 0 Å². The second kappa shape index (κ2) is 16.5. The third-order valence-corrected chi connectivity index (χ3v) is 3.20. The predicted octanol–water partition coefficient (Wildman–Crippen LogP) is 6.63. The van der Waals surface area contributed by atoms with Crippen molar-refractivity contribution in [3.63, 3.8) is 0 Å². The summed E-state index contributed by atoms with van der Waals surface area (Å²) in [6, 6.07) is 0. The van der Waals surface area contributed by atoms with E-state index in [0.717, 1.165) is 12.8 Å². The van der Waals surface area contributed by atoms with Gasteiger partial charge in [-0.25, -0.2) is 0 Å². The van der Waals surface area contributed by atoms with Crippen molar-refractivity contribution in [1.29, 1.82) is 0 Å². The van der Waals surface area contributed by atoms with Gasteiger partial charge in [0.05, 0.1) is 0 Å². The van der Waals surface area contributed by atoms with Crippen LogP contribution >= 0.6 is 0 Å². The van der Waals surface area contributed by atoms with E-state index in [2.05, 4.69) is 38.2 Å². The van der Waals surface area contributed by atoms with Gasteiger partial charge in [-0.2, -0.15) is 0 Å². The van der Waals surface area contributed by atoms with Gasteiger partial charge in [-0.1, -0.05) is 83.1 Å². The van der Waals surface area contributed by atoms with E-state index in [9.17, 15) is 0 Å². The van der Waals surface area contributed by atoms with E-state index in [1.54, 1.807) is 0 Å². The lowest BCUT2D eigenvalue weighted by atomic mass is 10.1. The second-order valence-electron chi connectivity index (χ2n) is 5.08. The van der Waals surface area contributed by atoms with Gasteiger partial charge in [-0.05, 0) is 32.1 Å². The molecule has 0 spiro atoms. The van der Waals surface area contributed by atoms with Gasteiger partial charge >= 0.3 is 0 Å². The first-order valence-electron chi connectivity index (χ1n) is 8.01. The summed E-state index contributed by atoms with van der Waals surface area (Å²) < 4.78 is 0. The Hall–Kier alpha value is -0.520. The summed E-state index contributed by atoms with van der Waals surface area (Å²) in [5.41, 5.74) is 0. The van der Waals surface area contributed by atoms with Gasteiger partial charge in [0, 0.05) is 0 Å². The first-order chi connectivity index (χ1) is 8.91. The zero-order chi connectivity index (χ0) is 13.3. The van der Waals surface area contributed by atoms with Crippen molar-refractivity contribution in [2.75, 3.05) is 0 Å². The van der Waals surface area contributed by atoms with Gasteiger partial charge in [-0.3, -0.25) is 0 Å². The normalized spacial score (nSPS) is 11.9. The summed E-state index contributed by atoms with van der Waals surface area (Å²) in [6.45, 7) is 6.12. The van der Waals surface area contributed by atoms with Crippen molar-refractivity contribution in [2.45, 2.75) is 84.0 Å². The zero-order valence-corrected chi connectivity index (χ0v) is 12.5. The van der Waals surface area contributed by atoms with Crippen LogP contribution in [0.4, 0.5) is 0 Å². The van der Waals surface area contributed by atoms with Gasteiger partial charge in [0.2, 0.25) is 0 Å². The van der Waals surface area contributed by atoms with Crippen LogP contribution in [0.2, 0.25) is 0 Å². The van der Waals surface area contributed by atoms with Crippen LogP contribution in [0.5, 0.6) is 0 Å².